The molecule has 2 heteroatoms. The average molecular weight is 443 g/mol. The second-order valence-electron chi connectivity index (χ2n) is 9.13. The minimum atomic E-state index is -0.183. The summed E-state index contributed by atoms with van der Waals surface area (Å²) >= 11 is 4.81. The van der Waals surface area contributed by atoms with E-state index in [1.54, 1.807) is 12.1 Å². The summed E-state index contributed by atoms with van der Waals surface area (Å²) < 4.78 is 13.9. The van der Waals surface area contributed by atoms with Crippen LogP contribution in [0.3, 0.4) is 0 Å². The normalized spacial score (nSPS) is 16.7. The number of hydrogen-bond donors (Lipinski definition) is 1. The second kappa shape index (κ2) is 13.8. The van der Waals surface area contributed by atoms with Crippen molar-refractivity contribution >= 4 is 18.2 Å². The van der Waals surface area contributed by atoms with Gasteiger partial charge in [-0.25, -0.2) is 4.39 Å². The molecule has 3 atom stereocenters. The SMILES string of the molecule is C=C/C=C(\C=C(/CC)C(C)C)CC(C)/C(CC(C)C(S)CC)=C(\C)c1cccc(F)c1. The van der Waals surface area contributed by atoms with E-state index in [0.717, 1.165) is 31.2 Å². The smallest absolute Gasteiger partial charge is 0.123 e. The van der Waals surface area contributed by atoms with Gasteiger partial charge in [-0.2, -0.15) is 12.6 Å². The Bertz CT molecular complexity index is 797. The molecule has 0 aromatic heterocycles. The summed E-state index contributed by atoms with van der Waals surface area (Å²) in [4.78, 5) is 0. The highest BCUT2D eigenvalue weighted by molar-refractivity contribution is 7.81. The lowest BCUT2D eigenvalue weighted by molar-refractivity contribution is 0.503. The van der Waals surface area contributed by atoms with Gasteiger partial charge in [0.05, 0.1) is 0 Å². The Morgan fingerprint density at radius 3 is 2.32 bits per heavy atom. The highest BCUT2D eigenvalue weighted by Crippen LogP contribution is 2.35. The first-order chi connectivity index (χ1) is 14.6. The van der Waals surface area contributed by atoms with Crippen molar-refractivity contribution in [2.45, 2.75) is 79.4 Å². The van der Waals surface area contributed by atoms with Gasteiger partial charge in [0.15, 0.2) is 0 Å². The Kier molecular flexibility index (Phi) is 12.2. The molecule has 31 heavy (non-hydrogen) atoms. The number of allylic oxidation sites excluding steroid dienone is 7. The van der Waals surface area contributed by atoms with Gasteiger partial charge in [0.25, 0.3) is 0 Å². The molecule has 3 unspecified atom stereocenters. The second-order valence-corrected chi connectivity index (χ2v) is 9.79. The van der Waals surface area contributed by atoms with E-state index in [4.69, 9.17) is 12.6 Å². The van der Waals surface area contributed by atoms with E-state index in [9.17, 15) is 4.39 Å². The molecule has 1 aromatic carbocycles. The van der Waals surface area contributed by atoms with E-state index >= 15 is 0 Å². The van der Waals surface area contributed by atoms with Crippen molar-refractivity contribution in [1.82, 2.24) is 0 Å². The van der Waals surface area contributed by atoms with Gasteiger partial charge in [-0.05, 0) is 79.2 Å². The van der Waals surface area contributed by atoms with Crippen molar-refractivity contribution in [3.63, 3.8) is 0 Å². The topological polar surface area (TPSA) is 0 Å². The van der Waals surface area contributed by atoms with Gasteiger partial charge in [0.1, 0.15) is 5.82 Å². The quantitative estimate of drug-likeness (QED) is 0.242. The fourth-order valence-electron chi connectivity index (χ4n) is 4.23. The molecule has 0 radical (unpaired) electrons. The fourth-order valence-corrected chi connectivity index (χ4v) is 4.34. The number of thiol groups is 1. The molecule has 0 fully saturated rings. The predicted molar refractivity (Wildman–Crippen MR) is 141 cm³/mol. The maximum absolute atomic E-state index is 13.9. The highest BCUT2D eigenvalue weighted by atomic mass is 32.1. The molecule has 0 spiro atoms. The highest BCUT2D eigenvalue weighted by Gasteiger charge is 2.20. The molecule has 172 valence electrons. The first-order valence-electron chi connectivity index (χ1n) is 11.8. The van der Waals surface area contributed by atoms with E-state index < -0.39 is 0 Å². The maximum Gasteiger partial charge on any atom is 0.123 e. The minimum Gasteiger partial charge on any atom is -0.207 e. The van der Waals surface area contributed by atoms with Crippen molar-refractivity contribution in [2.24, 2.45) is 17.8 Å². The van der Waals surface area contributed by atoms with Crippen LogP contribution in [0.5, 0.6) is 0 Å². The van der Waals surface area contributed by atoms with Gasteiger partial charge in [-0.15, -0.1) is 0 Å². The number of halogens is 1. The van der Waals surface area contributed by atoms with Crippen LogP contribution < -0.4 is 0 Å². The van der Waals surface area contributed by atoms with Crippen LogP contribution in [0.15, 0.2) is 65.8 Å². The zero-order chi connectivity index (χ0) is 23.6. The van der Waals surface area contributed by atoms with Crippen molar-refractivity contribution in [3.05, 3.63) is 77.2 Å². The van der Waals surface area contributed by atoms with Gasteiger partial charge < -0.3 is 0 Å². The summed E-state index contributed by atoms with van der Waals surface area (Å²) in [5, 5.41) is 0.359. The largest absolute Gasteiger partial charge is 0.207 e. The molecule has 0 aliphatic carbocycles. The van der Waals surface area contributed by atoms with Crippen LogP contribution >= 0.6 is 12.6 Å². The predicted octanol–water partition coefficient (Wildman–Crippen LogP) is 9.46. The molecule has 0 saturated carbocycles. The average Bonchev–Trinajstić information content (AvgIpc) is 2.74. The summed E-state index contributed by atoms with van der Waals surface area (Å²) in [6.45, 7) is 19.6. The van der Waals surface area contributed by atoms with Gasteiger partial charge in [0, 0.05) is 5.25 Å². The lowest BCUT2D eigenvalue weighted by atomic mass is 9.81. The Morgan fingerprint density at radius 2 is 1.81 bits per heavy atom. The third-order valence-electron chi connectivity index (χ3n) is 6.35. The molecule has 0 nitrogen and oxygen atoms in total. The Balaban J connectivity index is 3.38. The van der Waals surface area contributed by atoms with Crippen LogP contribution in [-0.2, 0) is 0 Å². The minimum absolute atomic E-state index is 0.183. The third kappa shape index (κ3) is 8.85. The first kappa shape index (κ1) is 27.5. The first-order valence-corrected chi connectivity index (χ1v) is 12.3. The van der Waals surface area contributed by atoms with Crippen LogP contribution in [0.2, 0.25) is 0 Å². The molecule has 0 aliphatic rings. The van der Waals surface area contributed by atoms with Crippen LogP contribution in [0.25, 0.3) is 5.57 Å². The van der Waals surface area contributed by atoms with E-state index in [-0.39, 0.29) is 5.82 Å². The maximum atomic E-state index is 13.9. The molecule has 0 amide bonds. The molecule has 0 saturated heterocycles. The molecule has 0 bridgehead atoms. The molecule has 0 aliphatic heterocycles. The Morgan fingerprint density at radius 1 is 1.13 bits per heavy atom. The summed E-state index contributed by atoms with van der Waals surface area (Å²) in [5.74, 6) is 1.15. The van der Waals surface area contributed by atoms with Gasteiger partial charge in [-0.3, -0.25) is 0 Å². The number of benzene rings is 1. The van der Waals surface area contributed by atoms with E-state index in [1.165, 1.54) is 28.4 Å². The van der Waals surface area contributed by atoms with Crippen LogP contribution in [0.4, 0.5) is 4.39 Å². The number of rotatable bonds is 12. The van der Waals surface area contributed by atoms with E-state index in [2.05, 4.69) is 67.2 Å². The molecule has 0 N–H and O–H groups in total. The van der Waals surface area contributed by atoms with Gasteiger partial charge in [-0.1, -0.05) is 89.6 Å². The molecular weight excluding hydrogens is 399 g/mol. The zero-order valence-corrected chi connectivity index (χ0v) is 21.6. The Hall–Kier alpha value is -1.54. The molecule has 1 rings (SSSR count). The standard InChI is InChI=1S/C29H43FS/c1-9-13-24(18-25(10-2)20(4)5)16-21(6)28(17-22(7)29(31)11-3)23(8)26-14-12-15-27(30)19-26/h9,12-15,18-22,29,31H,1,10-11,16-17H2,2-8H3/b24-13-,25-18+,28-23+. The van der Waals surface area contributed by atoms with Crippen molar-refractivity contribution in [3.8, 4) is 0 Å². The summed E-state index contributed by atoms with van der Waals surface area (Å²) in [6, 6.07) is 6.98. The zero-order valence-electron chi connectivity index (χ0n) is 20.7. The molecule has 0 heterocycles. The molecule has 1 aromatic rings. The fraction of sp³-hybridized carbons (Fsp3) is 0.517. The Labute approximate surface area is 196 Å². The van der Waals surface area contributed by atoms with Crippen molar-refractivity contribution in [1.29, 1.82) is 0 Å². The van der Waals surface area contributed by atoms with Crippen LogP contribution in [0, 0.1) is 23.6 Å². The molecular formula is C29H43FS. The van der Waals surface area contributed by atoms with Gasteiger partial charge >= 0.3 is 0 Å². The van der Waals surface area contributed by atoms with Crippen molar-refractivity contribution in [2.75, 3.05) is 0 Å². The van der Waals surface area contributed by atoms with E-state index in [0.29, 0.717) is 23.0 Å². The monoisotopic (exact) mass is 442 g/mol. The summed E-state index contributed by atoms with van der Waals surface area (Å²) in [5.41, 5.74) is 6.33. The van der Waals surface area contributed by atoms with Crippen LogP contribution in [-0.4, -0.2) is 5.25 Å². The third-order valence-corrected chi connectivity index (χ3v) is 7.22. The van der Waals surface area contributed by atoms with Crippen molar-refractivity contribution < 1.29 is 4.39 Å². The lowest BCUT2D eigenvalue weighted by Crippen LogP contribution is -2.15. The lowest BCUT2D eigenvalue weighted by Gasteiger charge is -2.26. The van der Waals surface area contributed by atoms with E-state index in [1.807, 2.05) is 12.1 Å². The van der Waals surface area contributed by atoms with Gasteiger partial charge in [0.2, 0.25) is 0 Å². The summed E-state index contributed by atoms with van der Waals surface area (Å²) in [6.07, 6.45) is 10.4. The summed E-state index contributed by atoms with van der Waals surface area (Å²) in [7, 11) is 0. The number of hydrogen-bond acceptors (Lipinski definition) is 1. The van der Waals surface area contributed by atoms with Crippen LogP contribution in [0.1, 0.15) is 79.7 Å².